The van der Waals surface area contributed by atoms with Gasteiger partial charge in [0, 0.05) is 5.56 Å². The molecular weight excluding hydrogens is 339 g/mol. The number of amides is 1. The minimum Gasteiger partial charge on any atom is -0.467 e. The van der Waals surface area contributed by atoms with Gasteiger partial charge in [-0.3, -0.25) is 4.79 Å². The zero-order valence-electron chi connectivity index (χ0n) is 13.2. The van der Waals surface area contributed by atoms with Gasteiger partial charge in [-0.1, -0.05) is 18.2 Å². The predicted octanol–water partition coefficient (Wildman–Crippen LogP) is 4.41. The van der Waals surface area contributed by atoms with Crippen molar-refractivity contribution in [3.05, 3.63) is 83.0 Å². The lowest BCUT2D eigenvalue weighted by Gasteiger charge is -2.11. The Morgan fingerprint density at radius 2 is 2.08 bits per heavy atom. The van der Waals surface area contributed by atoms with Crippen molar-refractivity contribution >= 4 is 27.5 Å². The Morgan fingerprint density at radius 3 is 2.88 bits per heavy atom. The van der Waals surface area contributed by atoms with Crippen LogP contribution in [0.2, 0.25) is 0 Å². The first kappa shape index (κ1) is 15.7. The normalized spacial score (nSPS) is 11.1. The highest BCUT2D eigenvalue weighted by atomic mass is 32.1. The number of aromatic nitrogens is 1. The van der Waals surface area contributed by atoms with E-state index in [1.807, 2.05) is 22.1 Å². The molecule has 0 saturated heterocycles. The number of fused-ring (bicyclic) bond motifs is 1. The minimum atomic E-state index is -0.276. The monoisotopic (exact) mass is 354 g/mol. The van der Waals surface area contributed by atoms with Crippen LogP contribution in [0.5, 0.6) is 0 Å². The summed E-state index contributed by atoms with van der Waals surface area (Å²) in [4.78, 5) is 12.6. The van der Waals surface area contributed by atoms with Gasteiger partial charge in [-0.2, -0.15) is 0 Å². The number of nitrogens with zero attached hydrogens (tertiary/aromatic N) is 1. The van der Waals surface area contributed by atoms with E-state index in [0.717, 1.165) is 10.2 Å². The molecular formula is C19H15FN2O2S. The molecule has 0 spiro atoms. The number of halogens is 1. The number of rotatable bonds is 5. The molecule has 126 valence electrons. The SMILES string of the molecule is O=C(NCc1ccco1)c1cc2sccc2n1Cc1ccccc1F. The summed E-state index contributed by atoms with van der Waals surface area (Å²) in [6.07, 6.45) is 1.57. The van der Waals surface area contributed by atoms with E-state index in [1.165, 1.54) is 6.07 Å². The molecule has 0 aliphatic carbocycles. The van der Waals surface area contributed by atoms with Gasteiger partial charge in [0.05, 0.1) is 29.6 Å². The Bertz CT molecular complexity index is 1020. The summed E-state index contributed by atoms with van der Waals surface area (Å²) in [7, 11) is 0. The van der Waals surface area contributed by atoms with Crippen LogP contribution in [0.4, 0.5) is 4.39 Å². The quantitative estimate of drug-likeness (QED) is 0.577. The van der Waals surface area contributed by atoms with E-state index >= 15 is 0 Å². The molecule has 3 aromatic heterocycles. The van der Waals surface area contributed by atoms with Crippen LogP contribution in [0.15, 0.2) is 64.6 Å². The Morgan fingerprint density at radius 1 is 1.20 bits per heavy atom. The van der Waals surface area contributed by atoms with Crippen LogP contribution in [-0.2, 0) is 13.1 Å². The van der Waals surface area contributed by atoms with Crippen LogP contribution in [0.1, 0.15) is 21.8 Å². The number of thiophene rings is 1. The fraction of sp³-hybridized carbons (Fsp3) is 0.105. The fourth-order valence-corrected chi connectivity index (χ4v) is 3.63. The van der Waals surface area contributed by atoms with E-state index in [2.05, 4.69) is 5.32 Å². The standard InChI is InChI=1S/C19H15FN2O2S/c20-15-6-2-1-4-13(15)12-22-16-7-9-25-18(16)10-17(22)19(23)21-11-14-5-3-8-24-14/h1-10H,11-12H2,(H,21,23). The summed E-state index contributed by atoms with van der Waals surface area (Å²) < 4.78 is 22.1. The highest BCUT2D eigenvalue weighted by Crippen LogP contribution is 2.26. The third-order valence-electron chi connectivity index (χ3n) is 4.04. The van der Waals surface area contributed by atoms with Gasteiger partial charge < -0.3 is 14.3 Å². The highest BCUT2D eigenvalue weighted by molar-refractivity contribution is 7.17. The van der Waals surface area contributed by atoms with Crippen LogP contribution < -0.4 is 5.32 Å². The molecule has 4 aromatic rings. The van der Waals surface area contributed by atoms with E-state index in [0.29, 0.717) is 30.1 Å². The van der Waals surface area contributed by atoms with E-state index in [-0.39, 0.29) is 11.7 Å². The zero-order valence-corrected chi connectivity index (χ0v) is 14.1. The van der Waals surface area contributed by atoms with Crippen molar-refractivity contribution < 1.29 is 13.6 Å². The summed E-state index contributed by atoms with van der Waals surface area (Å²) in [6.45, 7) is 0.612. The summed E-state index contributed by atoms with van der Waals surface area (Å²) in [5.41, 5.74) is 1.99. The van der Waals surface area contributed by atoms with E-state index in [1.54, 1.807) is 47.9 Å². The smallest absolute Gasteiger partial charge is 0.268 e. The third-order valence-corrected chi connectivity index (χ3v) is 4.90. The maximum atomic E-state index is 14.1. The molecule has 4 nitrogen and oxygen atoms in total. The van der Waals surface area contributed by atoms with Gasteiger partial charge in [0.15, 0.2) is 0 Å². The second-order valence-electron chi connectivity index (χ2n) is 5.64. The first-order valence-corrected chi connectivity index (χ1v) is 8.71. The molecule has 0 radical (unpaired) electrons. The van der Waals surface area contributed by atoms with E-state index in [4.69, 9.17) is 4.42 Å². The van der Waals surface area contributed by atoms with E-state index < -0.39 is 0 Å². The molecule has 1 amide bonds. The molecule has 1 aromatic carbocycles. The first-order chi connectivity index (χ1) is 12.2. The number of nitrogens with one attached hydrogen (secondary N) is 1. The fourth-order valence-electron chi connectivity index (χ4n) is 2.80. The zero-order chi connectivity index (χ0) is 17.2. The number of hydrogen-bond acceptors (Lipinski definition) is 3. The van der Waals surface area contributed by atoms with Crippen molar-refractivity contribution in [2.45, 2.75) is 13.1 Å². The average Bonchev–Trinajstić information content (AvgIpc) is 3.33. The number of benzene rings is 1. The summed E-state index contributed by atoms with van der Waals surface area (Å²) in [5, 5.41) is 4.82. The molecule has 25 heavy (non-hydrogen) atoms. The Hall–Kier alpha value is -2.86. The second-order valence-corrected chi connectivity index (χ2v) is 6.59. The van der Waals surface area contributed by atoms with Crippen molar-refractivity contribution in [2.75, 3.05) is 0 Å². The topological polar surface area (TPSA) is 47.2 Å². The second kappa shape index (κ2) is 6.57. The lowest BCUT2D eigenvalue weighted by molar-refractivity contribution is 0.0939. The van der Waals surface area contributed by atoms with Crippen molar-refractivity contribution in [3.63, 3.8) is 0 Å². The molecule has 3 heterocycles. The Labute approximate surface area is 147 Å². The maximum absolute atomic E-state index is 14.1. The maximum Gasteiger partial charge on any atom is 0.268 e. The number of carbonyl (C=O) groups excluding carboxylic acids is 1. The number of furan rings is 1. The van der Waals surface area contributed by atoms with Crippen LogP contribution in [0, 0.1) is 5.82 Å². The largest absolute Gasteiger partial charge is 0.467 e. The van der Waals surface area contributed by atoms with Crippen LogP contribution in [0.25, 0.3) is 10.2 Å². The van der Waals surface area contributed by atoms with Gasteiger partial charge >= 0.3 is 0 Å². The first-order valence-electron chi connectivity index (χ1n) is 7.83. The van der Waals surface area contributed by atoms with Gasteiger partial charge in [0.25, 0.3) is 5.91 Å². The van der Waals surface area contributed by atoms with E-state index in [9.17, 15) is 9.18 Å². The molecule has 1 N–H and O–H groups in total. The van der Waals surface area contributed by atoms with Gasteiger partial charge in [-0.05, 0) is 35.7 Å². The molecule has 0 atom stereocenters. The average molecular weight is 354 g/mol. The molecule has 0 aliphatic heterocycles. The lowest BCUT2D eigenvalue weighted by Crippen LogP contribution is -2.25. The molecule has 0 bridgehead atoms. The Balaban J connectivity index is 1.65. The Kier molecular flexibility index (Phi) is 4.11. The molecule has 0 saturated carbocycles. The van der Waals surface area contributed by atoms with Crippen molar-refractivity contribution in [1.29, 1.82) is 0 Å². The van der Waals surface area contributed by atoms with Gasteiger partial charge in [-0.15, -0.1) is 11.3 Å². The molecule has 0 aliphatic rings. The highest BCUT2D eigenvalue weighted by Gasteiger charge is 2.17. The third kappa shape index (κ3) is 3.08. The summed E-state index contributed by atoms with van der Waals surface area (Å²) in [6, 6.07) is 14.0. The predicted molar refractivity (Wildman–Crippen MR) is 95.2 cm³/mol. The van der Waals surface area contributed by atoms with Crippen molar-refractivity contribution in [2.24, 2.45) is 0 Å². The molecule has 0 fully saturated rings. The van der Waals surface area contributed by atoms with Crippen LogP contribution in [-0.4, -0.2) is 10.5 Å². The lowest BCUT2D eigenvalue weighted by atomic mass is 10.2. The van der Waals surface area contributed by atoms with Crippen molar-refractivity contribution in [1.82, 2.24) is 9.88 Å². The van der Waals surface area contributed by atoms with Crippen LogP contribution >= 0.6 is 11.3 Å². The number of carbonyl (C=O) groups is 1. The van der Waals surface area contributed by atoms with Gasteiger partial charge in [-0.25, -0.2) is 4.39 Å². The molecule has 6 heteroatoms. The van der Waals surface area contributed by atoms with Gasteiger partial charge in [0.1, 0.15) is 17.3 Å². The van der Waals surface area contributed by atoms with Gasteiger partial charge in [0.2, 0.25) is 0 Å². The minimum absolute atomic E-state index is 0.212. The summed E-state index contributed by atoms with van der Waals surface area (Å²) in [5.74, 6) is 0.194. The summed E-state index contributed by atoms with van der Waals surface area (Å²) >= 11 is 1.56. The number of hydrogen-bond donors (Lipinski definition) is 1. The van der Waals surface area contributed by atoms with Crippen LogP contribution in [0.3, 0.4) is 0 Å². The molecule has 4 rings (SSSR count). The van der Waals surface area contributed by atoms with Crippen molar-refractivity contribution in [3.8, 4) is 0 Å². The molecule has 0 unspecified atom stereocenters.